The van der Waals surface area contributed by atoms with Gasteiger partial charge in [-0.3, -0.25) is 0 Å². The molecule has 1 aromatic heterocycles. The maximum Gasteiger partial charge on any atom is 0.358 e. The first kappa shape index (κ1) is 17.6. The molecule has 3 aromatic rings. The standard InChI is InChI=1S/C19H16FNO2S2/c20-15-6-8-16(9-7-15)24-11-10-23-19(22)18-17(25-13-21-18)12-14-4-2-1-3-5-14/h1-9,13H,10-12H2. The Hall–Kier alpha value is -2.18. The van der Waals surface area contributed by atoms with E-state index in [9.17, 15) is 9.18 Å². The lowest BCUT2D eigenvalue weighted by atomic mass is 10.1. The minimum Gasteiger partial charge on any atom is -0.460 e. The van der Waals surface area contributed by atoms with E-state index < -0.39 is 5.97 Å². The molecule has 0 aliphatic heterocycles. The van der Waals surface area contributed by atoms with Crippen LogP contribution in [-0.4, -0.2) is 23.3 Å². The van der Waals surface area contributed by atoms with Gasteiger partial charge in [-0.1, -0.05) is 30.3 Å². The molecular weight excluding hydrogens is 357 g/mol. The van der Waals surface area contributed by atoms with Gasteiger partial charge in [0.25, 0.3) is 0 Å². The van der Waals surface area contributed by atoms with Crippen molar-refractivity contribution in [1.29, 1.82) is 0 Å². The molecule has 0 radical (unpaired) electrons. The minimum absolute atomic E-state index is 0.259. The summed E-state index contributed by atoms with van der Waals surface area (Å²) in [5, 5.41) is 0. The molecule has 0 N–H and O–H groups in total. The van der Waals surface area contributed by atoms with E-state index in [0.717, 1.165) is 15.3 Å². The predicted molar refractivity (Wildman–Crippen MR) is 98.8 cm³/mol. The Kier molecular flexibility index (Phi) is 6.19. The lowest BCUT2D eigenvalue weighted by Gasteiger charge is -2.05. The van der Waals surface area contributed by atoms with Gasteiger partial charge < -0.3 is 4.74 Å². The first-order valence-corrected chi connectivity index (χ1v) is 9.60. The van der Waals surface area contributed by atoms with E-state index in [0.29, 0.717) is 17.9 Å². The molecule has 0 bridgehead atoms. The maximum absolute atomic E-state index is 12.8. The van der Waals surface area contributed by atoms with Gasteiger partial charge in [-0.05, 0) is 29.8 Å². The average molecular weight is 373 g/mol. The van der Waals surface area contributed by atoms with E-state index >= 15 is 0 Å². The molecule has 0 unspecified atom stereocenters. The van der Waals surface area contributed by atoms with Crippen LogP contribution in [0.5, 0.6) is 0 Å². The number of carbonyl (C=O) groups excluding carboxylic acids is 1. The number of hydrogen-bond donors (Lipinski definition) is 0. The molecule has 0 fully saturated rings. The number of hydrogen-bond acceptors (Lipinski definition) is 5. The van der Waals surface area contributed by atoms with Crippen LogP contribution >= 0.6 is 23.1 Å². The second-order valence-corrected chi connectivity index (χ2v) is 7.33. The van der Waals surface area contributed by atoms with Crippen molar-refractivity contribution in [2.24, 2.45) is 0 Å². The van der Waals surface area contributed by atoms with E-state index in [4.69, 9.17) is 4.74 Å². The molecule has 0 amide bonds. The summed E-state index contributed by atoms with van der Waals surface area (Å²) in [5.74, 6) is -0.0487. The number of thiazole rings is 1. The fourth-order valence-corrected chi connectivity index (χ4v) is 3.75. The quantitative estimate of drug-likeness (QED) is 0.338. The molecule has 0 saturated heterocycles. The molecule has 0 spiro atoms. The highest BCUT2D eigenvalue weighted by Gasteiger charge is 2.16. The molecule has 2 aromatic carbocycles. The minimum atomic E-state index is -0.396. The van der Waals surface area contributed by atoms with Crippen LogP contribution in [0.3, 0.4) is 0 Å². The zero-order valence-electron chi connectivity index (χ0n) is 13.4. The molecule has 128 valence electrons. The summed E-state index contributed by atoms with van der Waals surface area (Å²) >= 11 is 2.97. The van der Waals surface area contributed by atoms with Crippen molar-refractivity contribution in [3.8, 4) is 0 Å². The van der Waals surface area contributed by atoms with Crippen LogP contribution in [-0.2, 0) is 11.2 Å². The topological polar surface area (TPSA) is 39.2 Å². The van der Waals surface area contributed by atoms with E-state index in [2.05, 4.69) is 4.98 Å². The summed E-state index contributed by atoms with van der Waals surface area (Å²) in [4.78, 5) is 18.2. The van der Waals surface area contributed by atoms with Crippen LogP contribution in [0.25, 0.3) is 0 Å². The molecule has 0 aliphatic carbocycles. The third kappa shape index (κ3) is 5.14. The van der Waals surface area contributed by atoms with Crippen molar-refractivity contribution in [1.82, 2.24) is 4.98 Å². The van der Waals surface area contributed by atoms with Crippen LogP contribution in [0.15, 0.2) is 65.0 Å². The lowest BCUT2D eigenvalue weighted by Crippen LogP contribution is -2.10. The Bertz CT molecular complexity index is 819. The van der Waals surface area contributed by atoms with Gasteiger partial charge >= 0.3 is 5.97 Å². The van der Waals surface area contributed by atoms with Gasteiger partial charge in [0.1, 0.15) is 12.4 Å². The molecule has 6 heteroatoms. The van der Waals surface area contributed by atoms with Gasteiger partial charge in [-0.2, -0.15) is 0 Å². The molecule has 3 nitrogen and oxygen atoms in total. The first-order chi connectivity index (χ1) is 12.2. The highest BCUT2D eigenvalue weighted by molar-refractivity contribution is 7.99. The number of rotatable bonds is 7. The summed E-state index contributed by atoms with van der Waals surface area (Å²) in [5.41, 5.74) is 3.19. The number of thioether (sulfide) groups is 1. The highest BCUT2D eigenvalue weighted by Crippen LogP contribution is 2.20. The fourth-order valence-electron chi connectivity index (χ4n) is 2.24. The SMILES string of the molecule is O=C(OCCSc1ccc(F)cc1)c1ncsc1Cc1ccccc1. The number of halogens is 1. The van der Waals surface area contributed by atoms with Gasteiger partial charge in [0, 0.05) is 21.9 Å². The summed E-state index contributed by atoms with van der Waals surface area (Å²) in [6.45, 7) is 0.281. The largest absolute Gasteiger partial charge is 0.460 e. The Morgan fingerprint density at radius 2 is 1.88 bits per heavy atom. The Balaban J connectivity index is 1.50. The number of ether oxygens (including phenoxy) is 1. The van der Waals surface area contributed by atoms with Crippen LogP contribution in [0.4, 0.5) is 4.39 Å². The summed E-state index contributed by atoms with van der Waals surface area (Å²) < 4.78 is 18.2. The van der Waals surface area contributed by atoms with Crippen LogP contribution in [0.1, 0.15) is 20.9 Å². The van der Waals surface area contributed by atoms with Crippen LogP contribution in [0, 0.1) is 5.82 Å². The van der Waals surface area contributed by atoms with E-state index in [1.807, 2.05) is 30.3 Å². The molecular formula is C19H16FNO2S2. The molecule has 1 heterocycles. The smallest absolute Gasteiger partial charge is 0.358 e. The third-order valence-corrected chi connectivity index (χ3v) is 5.25. The Labute approximate surface area is 153 Å². The monoisotopic (exact) mass is 373 g/mol. The molecule has 0 saturated carbocycles. The number of carbonyl (C=O) groups is 1. The van der Waals surface area contributed by atoms with Gasteiger partial charge in [-0.25, -0.2) is 14.2 Å². The summed E-state index contributed by atoms with van der Waals surface area (Å²) in [7, 11) is 0. The first-order valence-electron chi connectivity index (χ1n) is 7.74. The molecule has 0 aliphatic rings. The zero-order valence-corrected chi connectivity index (χ0v) is 15.0. The van der Waals surface area contributed by atoms with Gasteiger partial charge in [0.05, 0.1) is 5.51 Å². The van der Waals surface area contributed by atoms with E-state index in [1.165, 1.54) is 35.2 Å². The number of aromatic nitrogens is 1. The van der Waals surface area contributed by atoms with E-state index in [1.54, 1.807) is 17.6 Å². The lowest BCUT2D eigenvalue weighted by molar-refractivity contribution is 0.0523. The number of nitrogens with zero attached hydrogens (tertiary/aromatic N) is 1. The van der Waals surface area contributed by atoms with Gasteiger partial charge in [0.2, 0.25) is 0 Å². The van der Waals surface area contributed by atoms with Gasteiger partial charge in [-0.15, -0.1) is 23.1 Å². The van der Waals surface area contributed by atoms with Crippen molar-refractivity contribution in [3.05, 3.63) is 82.1 Å². The number of esters is 1. The molecule has 25 heavy (non-hydrogen) atoms. The third-order valence-electron chi connectivity index (χ3n) is 3.44. The van der Waals surface area contributed by atoms with Crippen molar-refractivity contribution < 1.29 is 13.9 Å². The van der Waals surface area contributed by atoms with Crippen molar-refractivity contribution >= 4 is 29.1 Å². The molecule has 3 rings (SSSR count). The second-order valence-electron chi connectivity index (χ2n) is 5.22. The Morgan fingerprint density at radius 1 is 1.12 bits per heavy atom. The molecule has 0 atom stereocenters. The number of benzene rings is 2. The maximum atomic E-state index is 12.8. The average Bonchev–Trinajstić information content (AvgIpc) is 3.09. The van der Waals surface area contributed by atoms with Crippen molar-refractivity contribution in [3.63, 3.8) is 0 Å². The van der Waals surface area contributed by atoms with Crippen LogP contribution < -0.4 is 0 Å². The van der Waals surface area contributed by atoms with Crippen LogP contribution in [0.2, 0.25) is 0 Å². The van der Waals surface area contributed by atoms with Gasteiger partial charge in [0.15, 0.2) is 5.69 Å². The van der Waals surface area contributed by atoms with E-state index in [-0.39, 0.29) is 12.4 Å². The highest BCUT2D eigenvalue weighted by atomic mass is 32.2. The van der Waals surface area contributed by atoms with Crippen molar-refractivity contribution in [2.45, 2.75) is 11.3 Å². The predicted octanol–water partition coefficient (Wildman–Crippen LogP) is 4.82. The Morgan fingerprint density at radius 3 is 2.64 bits per heavy atom. The van der Waals surface area contributed by atoms with Crippen molar-refractivity contribution in [2.75, 3.05) is 12.4 Å². The second kappa shape index (κ2) is 8.78. The normalized spacial score (nSPS) is 10.6. The fraction of sp³-hybridized carbons (Fsp3) is 0.158. The summed E-state index contributed by atoms with van der Waals surface area (Å²) in [6, 6.07) is 16.2. The summed E-state index contributed by atoms with van der Waals surface area (Å²) in [6.07, 6.45) is 0.667. The zero-order chi connectivity index (χ0) is 17.5.